The number of hydrogen-bond donors (Lipinski definition) is 2. The van der Waals surface area contributed by atoms with Crippen LogP contribution in [0.3, 0.4) is 0 Å². The van der Waals surface area contributed by atoms with Crippen molar-refractivity contribution in [2.24, 2.45) is 0 Å². The van der Waals surface area contributed by atoms with Crippen LogP contribution in [0.4, 0.5) is 5.69 Å². The van der Waals surface area contributed by atoms with Crippen LogP contribution in [0.5, 0.6) is 0 Å². The van der Waals surface area contributed by atoms with Gasteiger partial charge < -0.3 is 14.8 Å². The first-order valence-corrected chi connectivity index (χ1v) is 5.76. The fourth-order valence-corrected chi connectivity index (χ4v) is 1.64. The molecule has 0 unspecified atom stereocenters. The van der Waals surface area contributed by atoms with Gasteiger partial charge in [0.25, 0.3) is 5.91 Å². The third-order valence-corrected chi connectivity index (χ3v) is 2.57. The average Bonchev–Trinajstić information content (AvgIpc) is 2.41. The summed E-state index contributed by atoms with van der Waals surface area (Å²) in [4.78, 5) is 33.5. The van der Waals surface area contributed by atoms with Gasteiger partial charge in [-0.25, -0.2) is 4.79 Å². The molecule has 0 atom stereocenters. The fraction of sp³-hybridized carbons (Fsp3) is 0.0714. The molecule has 0 radical (unpaired) electrons. The summed E-state index contributed by atoms with van der Waals surface area (Å²) in [7, 11) is 0. The van der Waals surface area contributed by atoms with Crippen LogP contribution in [-0.2, 0) is 11.2 Å². The van der Waals surface area contributed by atoms with E-state index in [-0.39, 0.29) is 12.0 Å². The van der Waals surface area contributed by atoms with Crippen molar-refractivity contribution in [2.75, 3.05) is 5.32 Å². The maximum Gasteiger partial charge on any atom is 0.335 e. The first-order valence-electron chi connectivity index (χ1n) is 5.76. The number of carbonyl (C=O) groups excluding carboxylic acids is 1. The maximum atomic E-state index is 11.9. The molecular formula is C14H11NO5. The Balaban J connectivity index is 2.21. The third kappa shape index (κ3) is 3.32. The molecule has 2 N–H and O–H groups in total. The molecule has 102 valence electrons. The predicted octanol–water partition coefficient (Wildman–Crippen LogP) is 1.52. The Morgan fingerprint density at radius 3 is 2.55 bits per heavy atom. The summed E-state index contributed by atoms with van der Waals surface area (Å²) in [6.45, 7) is 0. The van der Waals surface area contributed by atoms with Crippen molar-refractivity contribution in [1.29, 1.82) is 0 Å². The molecule has 0 aliphatic heterocycles. The number of anilines is 1. The Labute approximate surface area is 113 Å². The normalized spacial score (nSPS) is 10.0. The summed E-state index contributed by atoms with van der Waals surface area (Å²) < 4.78 is 4.60. The molecule has 0 saturated carbocycles. The second-order valence-corrected chi connectivity index (χ2v) is 4.03. The smallest absolute Gasteiger partial charge is 0.335 e. The van der Waals surface area contributed by atoms with Crippen LogP contribution in [0.2, 0.25) is 0 Å². The topological polar surface area (TPSA) is 96.6 Å². The molecule has 2 rings (SSSR count). The highest BCUT2D eigenvalue weighted by atomic mass is 16.4. The van der Waals surface area contributed by atoms with E-state index in [4.69, 9.17) is 5.11 Å². The molecule has 1 heterocycles. The predicted molar refractivity (Wildman–Crippen MR) is 70.7 cm³/mol. The Morgan fingerprint density at radius 1 is 1.15 bits per heavy atom. The van der Waals surface area contributed by atoms with Crippen LogP contribution >= 0.6 is 0 Å². The molecule has 6 nitrogen and oxygen atoms in total. The monoisotopic (exact) mass is 273 g/mol. The number of carboxylic acids is 1. The van der Waals surface area contributed by atoms with Crippen molar-refractivity contribution in [3.63, 3.8) is 0 Å². The van der Waals surface area contributed by atoms with Gasteiger partial charge >= 0.3 is 11.6 Å². The van der Waals surface area contributed by atoms with E-state index >= 15 is 0 Å². The summed E-state index contributed by atoms with van der Waals surface area (Å²) in [5.41, 5.74) is 0.527. The lowest BCUT2D eigenvalue weighted by atomic mass is 10.1. The van der Waals surface area contributed by atoms with E-state index in [1.807, 2.05) is 0 Å². The van der Waals surface area contributed by atoms with Gasteiger partial charge in [-0.1, -0.05) is 18.2 Å². The van der Waals surface area contributed by atoms with Crippen LogP contribution < -0.4 is 10.9 Å². The van der Waals surface area contributed by atoms with Crippen molar-refractivity contribution < 1.29 is 19.1 Å². The molecule has 1 aromatic carbocycles. The lowest BCUT2D eigenvalue weighted by Gasteiger charge is -2.09. The molecular weight excluding hydrogens is 262 g/mol. The lowest BCUT2D eigenvalue weighted by molar-refractivity contribution is -0.136. The molecule has 0 aliphatic rings. The van der Waals surface area contributed by atoms with Crippen LogP contribution in [0.1, 0.15) is 15.9 Å². The molecule has 2 aromatic rings. The zero-order valence-corrected chi connectivity index (χ0v) is 10.3. The van der Waals surface area contributed by atoms with Gasteiger partial charge in [0, 0.05) is 11.8 Å². The second kappa shape index (κ2) is 5.83. The highest BCUT2D eigenvalue weighted by Crippen LogP contribution is 2.16. The van der Waals surface area contributed by atoms with Crippen molar-refractivity contribution in [1.82, 2.24) is 0 Å². The van der Waals surface area contributed by atoms with Crippen molar-refractivity contribution in [3.8, 4) is 0 Å². The first-order chi connectivity index (χ1) is 9.56. The number of rotatable bonds is 4. The SMILES string of the molecule is O=C(O)Cc1ccccc1NC(=O)c1ccc(=O)oc1. The fourth-order valence-electron chi connectivity index (χ4n) is 1.64. The quantitative estimate of drug-likeness (QED) is 0.880. The van der Waals surface area contributed by atoms with Gasteiger partial charge in [0.2, 0.25) is 0 Å². The number of carboxylic acid groups (broad SMARTS) is 1. The van der Waals surface area contributed by atoms with E-state index in [9.17, 15) is 14.4 Å². The van der Waals surface area contributed by atoms with E-state index in [1.54, 1.807) is 24.3 Å². The number of benzene rings is 1. The van der Waals surface area contributed by atoms with E-state index in [0.717, 1.165) is 12.3 Å². The summed E-state index contributed by atoms with van der Waals surface area (Å²) in [6, 6.07) is 9.07. The number of para-hydroxylation sites is 1. The van der Waals surface area contributed by atoms with Crippen LogP contribution in [-0.4, -0.2) is 17.0 Å². The van der Waals surface area contributed by atoms with E-state index < -0.39 is 17.5 Å². The molecule has 20 heavy (non-hydrogen) atoms. The molecule has 0 bridgehead atoms. The standard InChI is InChI=1S/C14H11NO5/c16-12(17)7-9-3-1-2-4-11(9)15-14(19)10-5-6-13(18)20-8-10/h1-6,8H,7H2,(H,15,19)(H,16,17). The number of aliphatic carboxylic acids is 1. The van der Waals surface area contributed by atoms with E-state index in [2.05, 4.69) is 9.73 Å². The van der Waals surface area contributed by atoms with Gasteiger partial charge in [-0.05, 0) is 17.7 Å². The minimum atomic E-state index is -0.989. The zero-order valence-electron chi connectivity index (χ0n) is 10.3. The summed E-state index contributed by atoms with van der Waals surface area (Å²) in [6.07, 6.45) is 0.859. The van der Waals surface area contributed by atoms with Gasteiger partial charge in [0.05, 0.1) is 12.0 Å². The van der Waals surface area contributed by atoms with Gasteiger partial charge in [0.1, 0.15) is 6.26 Å². The van der Waals surface area contributed by atoms with E-state index in [1.165, 1.54) is 6.07 Å². The van der Waals surface area contributed by atoms with Crippen molar-refractivity contribution in [3.05, 3.63) is 64.2 Å². The minimum Gasteiger partial charge on any atom is -0.481 e. The number of amides is 1. The molecule has 1 aromatic heterocycles. The molecule has 6 heteroatoms. The van der Waals surface area contributed by atoms with Gasteiger partial charge in [-0.3, -0.25) is 9.59 Å². The highest BCUT2D eigenvalue weighted by molar-refractivity contribution is 6.04. The van der Waals surface area contributed by atoms with Crippen molar-refractivity contribution >= 4 is 17.6 Å². The Bertz CT molecular complexity index is 684. The van der Waals surface area contributed by atoms with Crippen LogP contribution in [0.15, 0.2) is 51.9 Å². The molecule has 0 aliphatic carbocycles. The van der Waals surface area contributed by atoms with Gasteiger partial charge in [-0.2, -0.15) is 0 Å². The summed E-state index contributed by atoms with van der Waals surface area (Å²) in [5, 5.41) is 11.4. The van der Waals surface area contributed by atoms with E-state index in [0.29, 0.717) is 11.3 Å². The summed E-state index contributed by atoms with van der Waals surface area (Å²) in [5.74, 6) is -1.47. The number of hydrogen-bond acceptors (Lipinski definition) is 4. The third-order valence-electron chi connectivity index (χ3n) is 2.57. The summed E-state index contributed by atoms with van der Waals surface area (Å²) >= 11 is 0. The lowest BCUT2D eigenvalue weighted by Crippen LogP contribution is -2.15. The Kier molecular flexibility index (Phi) is 3.95. The average molecular weight is 273 g/mol. The molecule has 0 spiro atoms. The van der Waals surface area contributed by atoms with Gasteiger partial charge in [-0.15, -0.1) is 0 Å². The molecule has 0 fully saturated rings. The number of nitrogens with one attached hydrogen (secondary N) is 1. The van der Waals surface area contributed by atoms with Crippen LogP contribution in [0, 0.1) is 0 Å². The number of carbonyl (C=O) groups is 2. The van der Waals surface area contributed by atoms with Crippen LogP contribution in [0.25, 0.3) is 0 Å². The Hall–Kier alpha value is -2.89. The molecule has 0 saturated heterocycles. The zero-order chi connectivity index (χ0) is 14.5. The maximum absolute atomic E-state index is 11.9. The van der Waals surface area contributed by atoms with Gasteiger partial charge in [0.15, 0.2) is 0 Å². The highest BCUT2D eigenvalue weighted by Gasteiger charge is 2.11. The second-order valence-electron chi connectivity index (χ2n) is 4.03. The Morgan fingerprint density at radius 2 is 1.90 bits per heavy atom. The largest absolute Gasteiger partial charge is 0.481 e. The minimum absolute atomic E-state index is 0.176. The van der Waals surface area contributed by atoms with Crippen molar-refractivity contribution in [2.45, 2.75) is 6.42 Å². The molecule has 1 amide bonds. The first kappa shape index (κ1) is 13.5.